The normalized spacial score (nSPS) is 14.7. The molecule has 1 fully saturated rings. The quantitative estimate of drug-likeness (QED) is 0.237. The van der Waals surface area contributed by atoms with E-state index in [1.807, 2.05) is 19.1 Å². The van der Waals surface area contributed by atoms with Crippen molar-refractivity contribution >= 4 is 73.1 Å². The molecule has 3 aromatic rings. The highest BCUT2D eigenvalue weighted by Crippen LogP contribution is 2.36. The smallest absolute Gasteiger partial charge is 0.335 e. The molecule has 4 rings (SSSR count). The van der Waals surface area contributed by atoms with Crippen LogP contribution >= 0.6 is 43.5 Å². The predicted octanol–water partition coefficient (Wildman–Crippen LogP) is 6.51. The number of carbonyl (C=O) groups is 3. The molecule has 0 bridgehead atoms. The van der Waals surface area contributed by atoms with Gasteiger partial charge < -0.3 is 9.47 Å². The van der Waals surface area contributed by atoms with Gasteiger partial charge in [0.15, 0.2) is 11.5 Å². The molecule has 1 aliphatic rings. The summed E-state index contributed by atoms with van der Waals surface area (Å²) in [5, 5.41) is 2.86. The molecule has 1 heterocycles. The first-order valence-corrected chi connectivity index (χ1v) is 12.7. The van der Waals surface area contributed by atoms with Crippen LogP contribution in [0.25, 0.3) is 6.08 Å². The van der Waals surface area contributed by atoms with Crippen molar-refractivity contribution in [2.45, 2.75) is 13.5 Å². The lowest BCUT2D eigenvalue weighted by atomic mass is 10.1. The molecule has 1 N–H and O–H groups in total. The number of amides is 4. The van der Waals surface area contributed by atoms with Crippen molar-refractivity contribution in [3.63, 3.8) is 0 Å². The number of carbonyl (C=O) groups excluding carboxylic acids is 3. The van der Waals surface area contributed by atoms with E-state index in [0.717, 1.165) is 14.9 Å². The summed E-state index contributed by atoms with van der Waals surface area (Å²) in [6.07, 6.45) is 1.41. The molecule has 1 saturated heterocycles. The van der Waals surface area contributed by atoms with Crippen molar-refractivity contribution in [1.82, 2.24) is 5.32 Å². The standard InChI is InChI=1S/C26H19Br2ClN2O5/c1-2-35-22-12-16(21(28)13-23(22)36-14-15-3-7-18(29)8-4-15)11-20-24(32)30-26(34)31(25(20)33)19-9-5-17(27)6-10-19/h3-13H,2,14H2,1H3,(H,30,32,34)/b20-11+. The summed E-state index contributed by atoms with van der Waals surface area (Å²) in [5.74, 6) is -0.608. The summed E-state index contributed by atoms with van der Waals surface area (Å²) in [5.41, 5.74) is 1.56. The second-order valence-corrected chi connectivity index (χ2v) is 9.81. The number of nitrogens with one attached hydrogen (secondary N) is 1. The second kappa shape index (κ2) is 11.3. The maximum atomic E-state index is 13.2. The number of ether oxygens (including phenoxy) is 2. The summed E-state index contributed by atoms with van der Waals surface area (Å²) >= 11 is 12.8. The van der Waals surface area contributed by atoms with Crippen LogP contribution in [0.2, 0.25) is 5.02 Å². The minimum absolute atomic E-state index is 0.199. The van der Waals surface area contributed by atoms with Crippen molar-refractivity contribution in [1.29, 1.82) is 0 Å². The van der Waals surface area contributed by atoms with E-state index in [0.29, 0.717) is 38.9 Å². The maximum absolute atomic E-state index is 13.2. The molecule has 10 heteroatoms. The van der Waals surface area contributed by atoms with Crippen LogP contribution in [-0.4, -0.2) is 24.5 Å². The van der Waals surface area contributed by atoms with Crippen LogP contribution in [0.4, 0.5) is 10.5 Å². The number of nitrogens with zero attached hydrogens (tertiary/aromatic N) is 1. The molecule has 0 spiro atoms. The fourth-order valence-corrected chi connectivity index (χ4v) is 4.25. The summed E-state index contributed by atoms with van der Waals surface area (Å²) < 4.78 is 13.1. The summed E-state index contributed by atoms with van der Waals surface area (Å²) in [6.45, 7) is 2.50. The maximum Gasteiger partial charge on any atom is 0.335 e. The first-order chi connectivity index (χ1) is 17.3. The van der Waals surface area contributed by atoms with Gasteiger partial charge in [-0.15, -0.1) is 0 Å². The Morgan fingerprint density at radius 2 is 1.61 bits per heavy atom. The number of benzene rings is 3. The highest BCUT2D eigenvalue weighted by Gasteiger charge is 2.37. The Balaban J connectivity index is 1.65. The van der Waals surface area contributed by atoms with Crippen LogP contribution in [0.1, 0.15) is 18.1 Å². The molecular weight excluding hydrogens is 616 g/mol. The van der Waals surface area contributed by atoms with E-state index in [4.69, 9.17) is 21.1 Å². The number of imide groups is 2. The van der Waals surface area contributed by atoms with Gasteiger partial charge in [0.2, 0.25) is 0 Å². The zero-order valence-electron chi connectivity index (χ0n) is 18.9. The molecule has 184 valence electrons. The Labute approximate surface area is 229 Å². The molecule has 0 aromatic heterocycles. The number of anilines is 1. The number of rotatable bonds is 7. The van der Waals surface area contributed by atoms with Crippen molar-refractivity contribution in [2.75, 3.05) is 11.5 Å². The number of urea groups is 1. The molecule has 0 saturated carbocycles. The van der Waals surface area contributed by atoms with E-state index in [9.17, 15) is 14.4 Å². The molecule has 36 heavy (non-hydrogen) atoms. The lowest BCUT2D eigenvalue weighted by molar-refractivity contribution is -0.122. The summed E-state index contributed by atoms with van der Waals surface area (Å²) in [7, 11) is 0. The molecule has 3 aromatic carbocycles. The molecule has 0 atom stereocenters. The van der Waals surface area contributed by atoms with Gasteiger partial charge >= 0.3 is 6.03 Å². The monoisotopic (exact) mass is 632 g/mol. The van der Waals surface area contributed by atoms with Gasteiger partial charge in [-0.25, -0.2) is 9.69 Å². The van der Waals surface area contributed by atoms with Gasteiger partial charge in [0, 0.05) is 14.0 Å². The third-order valence-electron chi connectivity index (χ3n) is 5.16. The van der Waals surface area contributed by atoms with Crippen LogP contribution in [0.5, 0.6) is 11.5 Å². The van der Waals surface area contributed by atoms with Crippen LogP contribution in [0, 0.1) is 0 Å². The first kappa shape index (κ1) is 25.9. The van der Waals surface area contributed by atoms with E-state index in [-0.39, 0.29) is 12.2 Å². The zero-order chi connectivity index (χ0) is 25.8. The molecule has 1 aliphatic heterocycles. The van der Waals surface area contributed by atoms with Crippen molar-refractivity contribution in [2.24, 2.45) is 0 Å². The van der Waals surface area contributed by atoms with Crippen molar-refractivity contribution < 1.29 is 23.9 Å². The average molecular weight is 635 g/mol. The number of halogens is 3. The van der Waals surface area contributed by atoms with E-state index in [1.165, 1.54) is 6.08 Å². The van der Waals surface area contributed by atoms with Gasteiger partial charge in [-0.3, -0.25) is 14.9 Å². The lowest BCUT2D eigenvalue weighted by Crippen LogP contribution is -2.54. The zero-order valence-corrected chi connectivity index (χ0v) is 22.8. The Bertz CT molecular complexity index is 1360. The fraction of sp³-hybridized carbons (Fsp3) is 0.115. The van der Waals surface area contributed by atoms with Gasteiger partial charge in [-0.2, -0.15) is 0 Å². The van der Waals surface area contributed by atoms with Crippen molar-refractivity contribution in [3.05, 3.63) is 91.3 Å². The van der Waals surface area contributed by atoms with Gasteiger partial charge in [0.05, 0.1) is 12.3 Å². The third-order valence-corrected chi connectivity index (χ3v) is 6.62. The number of hydrogen-bond donors (Lipinski definition) is 1. The van der Waals surface area contributed by atoms with Gasteiger partial charge in [-0.05, 0) is 72.7 Å². The highest BCUT2D eigenvalue weighted by atomic mass is 79.9. The SMILES string of the molecule is CCOc1cc(/C=C2\C(=O)NC(=O)N(c3ccc(Br)cc3)C2=O)c(Br)cc1OCc1ccc(Cl)cc1. The van der Waals surface area contributed by atoms with Crippen LogP contribution in [0.3, 0.4) is 0 Å². The van der Waals surface area contributed by atoms with E-state index >= 15 is 0 Å². The topological polar surface area (TPSA) is 84.9 Å². The second-order valence-electron chi connectivity index (χ2n) is 7.60. The molecule has 4 amide bonds. The third kappa shape index (κ3) is 5.80. The largest absolute Gasteiger partial charge is 0.490 e. The van der Waals surface area contributed by atoms with E-state index in [2.05, 4.69) is 37.2 Å². The minimum Gasteiger partial charge on any atom is -0.490 e. The van der Waals surface area contributed by atoms with Crippen LogP contribution in [0.15, 0.2) is 75.2 Å². The Hall–Kier alpha value is -3.14. The first-order valence-electron chi connectivity index (χ1n) is 10.8. The highest BCUT2D eigenvalue weighted by molar-refractivity contribution is 9.10. The van der Waals surface area contributed by atoms with Crippen molar-refractivity contribution in [3.8, 4) is 11.5 Å². The average Bonchev–Trinajstić information content (AvgIpc) is 2.84. The van der Waals surface area contributed by atoms with Gasteiger partial charge in [-0.1, -0.05) is 55.6 Å². The molecule has 0 aliphatic carbocycles. The summed E-state index contributed by atoms with van der Waals surface area (Å²) in [6, 6.07) is 16.4. The Morgan fingerprint density at radius 3 is 2.28 bits per heavy atom. The minimum atomic E-state index is -0.815. The Kier molecular flexibility index (Phi) is 8.13. The van der Waals surface area contributed by atoms with Crippen LogP contribution in [-0.2, 0) is 16.2 Å². The number of barbiturate groups is 1. The molecule has 7 nitrogen and oxygen atoms in total. The molecular formula is C26H19Br2ClN2O5. The summed E-state index contributed by atoms with van der Waals surface area (Å²) in [4.78, 5) is 39.1. The molecule has 0 unspecified atom stereocenters. The van der Waals surface area contributed by atoms with E-state index < -0.39 is 17.8 Å². The predicted molar refractivity (Wildman–Crippen MR) is 144 cm³/mol. The van der Waals surface area contributed by atoms with Gasteiger partial charge in [0.1, 0.15) is 12.2 Å². The van der Waals surface area contributed by atoms with Gasteiger partial charge in [0.25, 0.3) is 11.8 Å². The van der Waals surface area contributed by atoms with E-state index in [1.54, 1.807) is 48.5 Å². The molecule has 0 radical (unpaired) electrons. The number of hydrogen-bond acceptors (Lipinski definition) is 5. The van der Waals surface area contributed by atoms with Crippen LogP contribution < -0.4 is 19.7 Å². The Morgan fingerprint density at radius 1 is 0.944 bits per heavy atom. The fourth-order valence-electron chi connectivity index (χ4n) is 3.42. The lowest BCUT2D eigenvalue weighted by Gasteiger charge is -2.26.